The predicted molar refractivity (Wildman–Crippen MR) is 82.3 cm³/mol. The summed E-state index contributed by atoms with van der Waals surface area (Å²) in [6.07, 6.45) is 0.716. The Morgan fingerprint density at radius 2 is 2.05 bits per heavy atom. The maximum atomic E-state index is 13.8. The zero-order valence-corrected chi connectivity index (χ0v) is 13.1. The summed E-state index contributed by atoms with van der Waals surface area (Å²) in [5.74, 6) is -0.479. The van der Waals surface area contributed by atoms with E-state index in [4.69, 9.17) is 16.3 Å². The number of rotatable bonds is 2. The van der Waals surface area contributed by atoms with Crippen molar-refractivity contribution in [2.24, 2.45) is 0 Å². The van der Waals surface area contributed by atoms with Crippen LogP contribution in [-0.4, -0.2) is 21.9 Å². The predicted octanol–water partition coefficient (Wildman–Crippen LogP) is 4.28. The molecule has 0 spiro atoms. The molecule has 1 aromatic heterocycles. The Morgan fingerprint density at radius 1 is 1.32 bits per heavy atom. The number of carbonyl (C=O) groups is 1. The maximum Gasteiger partial charge on any atom is 0.412 e. The van der Waals surface area contributed by atoms with E-state index in [0.717, 1.165) is 0 Å². The fraction of sp³-hybridized carbons (Fsp3) is 0.267. The fourth-order valence-corrected chi connectivity index (χ4v) is 1.85. The highest BCUT2D eigenvalue weighted by atomic mass is 35.5. The van der Waals surface area contributed by atoms with Crippen LogP contribution in [0.3, 0.4) is 0 Å². The van der Waals surface area contributed by atoms with Crippen LogP contribution in [0.25, 0.3) is 11.3 Å². The van der Waals surface area contributed by atoms with Gasteiger partial charge < -0.3 is 4.74 Å². The van der Waals surface area contributed by atoms with Gasteiger partial charge in [0.25, 0.3) is 0 Å². The van der Waals surface area contributed by atoms with Crippen LogP contribution < -0.4 is 5.32 Å². The third kappa shape index (κ3) is 4.39. The number of anilines is 1. The largest absolute Gasteiger partial charge is 0.444 e. The second-order valence-electron chi connectivity index (χ2n) is 5.58. The molecule has 1 heterocycles. The van der Waals surface area contributed by atoms with E-state index in [2.05, 4.69) is 15.5 Å². The van der Waals surface area contributed by atoms with E-state index in [1.165, 1.54) is 30.5 Å². The second-order valence-corrected chi connectivity index (χ2v) is 6.02. The SMILES string of the molecule is CC(C)(C)OC(=O)Nc1cnnc(-c2cc(Cl)ccc2F)c1. The number of hydrogen-bond donors (Lipinski definition) is 1. The summed E-state index contributed by atoms with van der Waals surface area (Å²) >= 11 is 5.86. The van der Waals surface area contributed by atoms with Crippen LogP contribution in [-0.2, 0) is 4.74 Å². The molecule has 1 amide bonds. The second kappa shape index (κ2) is 6.27. The third-order valence-electron chi connectivity index (χ3n) is 2.50. The number of ether oxygens (including phenoxy) is 1. The molecule has 0 fully saturated rings. The van der Waals surface area contributed by atoms with Gasteiger partial charge in [-0.25, -0.2) is 9.18 Å². The van der Waals surface area contributed by atoms with E-state index in [1.807, 2.05) is 0 Å². The van der Waals surface area contributed by atoms with Crippen LogP contribution >= 0.6 is 11.6 Å². The molecule has 0 saturated carbocycles. The molecule has 0 aliphatic carbocycles. The van der Waals surface area contributed by atoms with Gasteiger partial charge in [-0.1, -0.05) is 11.6 Å². The number of benzene rings is 1. The zero-order chi connectivity index (χ0) is 16.3. The van der Waals surface area contributed by atoms with Crippen LogP contribution in [0.4, 0.5) is 14.9 Å². The third-order valence-corrected chi connectivity index (χ3v) is 2.74. The summed E-state index contributed by atoms with van der Waals surface area (Å²) in [6, 6.07) is 5.62. The van der Waals surface area contributed by atoms with Crippen molar-refractivity contribution in [2.45, 2.75) is 26.4 Å². The molecule has 0 unspecified atom stereocenters. The van der Waals surface area contributed by atoms with Crippen LogP contribution in [0.1, 0.15) is 20.8 Å². The van der Waals surface area contributed by atoms with E-state index in [9.17, 15) is 9.18 Å². The topological polar surface area (TPSA) is 64.1 Å². The monoisotopic (exact) mass is 323 g/mol. The van der Waals surface area contributed by atoms with Crippen LogP contribution in [0.5, 0.6) is 0 Å². The van der Waals surface area contributed by atoms with Crippen molar-refractivity contribution in [1.82, 2.24) is 10.2 Å². The van der Waals surface area contributed by atoms with E-state index in [-0.39, 0.29) is 11.3 Å². The first kappa shape index (κ1) is 16.2. The molecule has 7 heteroatoms. The van der Waals surface area contributed by atoms with Crippen molar-refractivity contribution in [3.05, 3.63) is 41.3 Å². The van der Waals surface area contributed by atoms with Gasteiger partial charge in [-0.15, -0.1) is 0 Å². The zero-order valence-electron chi connectivity index (χ0n) is 12.4. The number of aromatic nitrogens is 2. The van der Waals surface area contributed by atoms with Crippen molar-refractivity contribution < 1.29 is 13.9 Å². The first-order valence-corrected chi connectivity index (χ1v) is 6.90. The molecule has 0 bridgehead atoms. The van der Waals surface area contributed by atoms with Gasteiger partial charge in [-0.3, -0.25) is 5.32 Å². The normalized spacial score (nSPS) is 11.1. The van der Waals surface area contributed by atoms with Gasteiger partial charge in [0.05, 0.1) is 17.6 Å². The average Bonchev–Trinajstić information content (AvgIpc) is 2.39. The lowest BCUT2D eigenvalue weighted by atomic mass is 10.1. The van der Waals surface area contributed by atoms with Crippen molar-refractivity contribution in [3.63, 3.8) is 0 Å². The molecule has 2 aromatic rings. The minimum atomic E-state index is -0.627. The Morgan fingerprint density at radius 3 is 2.73 bits per heavy atom. The van der Waals surface area contributed by atoms with E-state index < -0.39 is 17.5 Å². The fourth-order valence-electron chi connectivity index (χ4n) is 1.68. The number of amides is 1. The highest BCUT2D eigenvalue weighted by Gasteiger charge is 2.17. The molecule has 5 nitrogen and oxygen atoms in total. The number of nitrogens with zero attached hydrogens (tertiary/aromatic N) is 2. The smallest absolute Gasteiger partial charge is 0.412 e. The molecule has 0 radical (unpaired) electrons. The minimum Gasteiger partial charge on any atom is -0.444 e. The number of carbonyl (C=O) groups excluding carboxylic acids is 1. The van der Waals surface area contributed by atoms with Crippen molar-refractivity contribution >= 4 is 23.4 Å². The Balaban J connectivity index is 2.24. The Hall–Kier alpha value is -2.21. The molecular formula is C15H15ClFN3O2. The molecule has 2 rings (SSSR count). The van der Waals surface area contributed by atoms with Gasteiger partial charge in [-0.05, 0) is 45.0 Å². The summed E-state index contributed by atoms with van der Waals surface area (Å²) in [4.78, 5) is 11.7. The lowest BCUT2D eigenvalue weighted by Crippen LogP contribution is -2.27. The Bertz CT molecular complexity index is 701. The Kier molecular flexibility index (Phi) is 4.61. The highest BCUT2D eigenvalue weighted by Crippen LogP contribution is 2.25. The molecular weight excluding hydrogens is 309 g/mol. The van der Waals surface area contributed by atoms with Crippen LogP contribution in [0, 0.1) is 5.82 Å². The molecule has 0 aliphatic rings. The summed E-state index contributed by atoms with van der Waals surface area (Å²) in [5.41, 5.74) is 0.187. The van der Waals surface area contributed by atoms with E-state index in [1.54, 1.807) is 20.8 Å². The summed E-state index contributed by atoms with van der Waals surface area (Å²) in [5, 5.41) is 10.5. The molecule has 1 aromatic carbocycles. The van der Waals surface area contributed by atoms with E-state index in [0.29, 0.717) is 10.7 Å². The first-order chi connectivity index (χ1) is 10.2. The average molecular weight is 324 g/mol. The molecule has 0 saturated heterocycles. The molecule has 116 valence electrons. The number of hydrogen-bond acceptors (Lipinski definition) is 4. The number of halogens is 2. The minimum absolute atomic E-state index is 0.202. The molecule has 22 heavy (non-hydrogen) atoms. The van der Waals surface area contributed by atoms with Gasteiger partial charge in [-0.2, -0.15) is 10.2 Å². The maximum absolute atomic E-state index is 13.8. The number of nitrogens with one attached hydrogen (secondary N) is 1. The van der Waals surface area contributed by atoms with Crippen LogP contribution in [0.15, 0.2) is 30.5 Å². The highest BCUT2D eigenvalue weighted by molar-refractivity contribution is 6.30. The van der Waals surface area contributed by atoms with Crippen molar-refractivity contribution in [2.75, 3.05) is 5.32 Å². The first-order valence-electron chi connectivity index (χ1n) is 6.53. The lowest BCUT2D eigenvalue weighted by molar-refractivity contribution is 0.0636. The standard InChI is InChI=1S/C15H15ClFN3O2/c1-15(2,3)22-14(21)19-10-7-13(20-18-8-10)11-6-9(16)4-5-12(11)17/h4-8H,1-3H3,(H,19,20,21). The van der Waals surface area contributed by atoms with Gasteiger partial charge in [0.1, 0.15) is 11.4 Å². The molecule has 1 N–H and O–H groups in total. The van der Waals surface area contributed by atoms with Gasteiger partial charge in [0.15, 0.2) is 0 Å². The summed E-state index contributed by atoms with van der Waals surface area (Å²) in [6.45, 7) is 5.26. The summed E-state index contributed by atoms with van der Waals surface area (Å²) < 4.78 is 19.0. The van der Waals surface area contributed by atoms with Gasteiger partial charge >= 0.3 is 6.09 Å². The van der Waals surface area contributed by atoms with Gasteiger partial charge in [0.2, 0.25) is 0 Å². The summed E-state index contributed by atoms with van der Waals surface area (Å²) in [7, 11) is 0. The molecule has 0 aliphatic heterocycles. The molecule has 0 atom stereocenters. The lowest BCUT2D eigenvalue weighted by Gasteiger charge is -2.19. The van der Waals surface area contributed by atoms with Crippen molar-refractivity contribution in [1.29, 1.82) is 0 Å². The van der Waals surface area contributed by atoms with Crippen LogP contribution in [0.2, 0.25) is 5.02 Å². The van der Waals surface area contributed by atoms with Crippen molar-refractivity contribution in [3.8, 4) is 11.3 Å². The Labute approximate surface area is 132 Å². The van der Waals surface area contributed by atoms with E-state index >= 15 is 0 Å². The quantitative estimate of drug-likeness (QED) is 0.895. The van der Waals surface area contributed by atoms with Gasteiger partial charge in [0, 0.05) is 10.6 Å².